The molecule has 8 nitrogen and oxygen atoms in total. The van der Waals surface area contributed by atoms with Gasteiger partial charge in [0.25, 0.3) is 0 Å². The normalized spacial score (nSPS) is 14.6. The molecule has 1 aromatic carbocycles. The largest absolute Gasteiger partial charge is 0.488 e. The lowest BCUT2D eigenvalue weighted by molar-refractivity contribution is -0.150. The standard InChI is InChI=1S/C23H25FN4O4/c1-12-7-16-5-6-18(20(24)17(16)8-12)32-22-21-14(3)19(9-28(21)27-11-26-22)30-10-13(2)31-23(29)15(4)25/h5-6,8-9,11,13,15H,7,10,25H2,1-4H3/t13-,15+/m1/s1. The number of fused-ring (bicyclic) bond motifs is 2. The van der Waals surface area contributed by atoms with Crippen molar-refractivity contribution < 1.29 is 23.4 Å². The van der Waals surface area contributed by atoms with Crippen molar-refractivity contribution in [3.63, 3.8) is 0 Å². The fraction of sp³-hybridized carbons (Fsp3) is 0.348. The van der Waals surface area contributed by atoms with Crippen LogP contribution in [0.3, 0.4) is 0 Å². The van der Waals surface area contributed by atoms with E-state index in [1.165, 1.54) is 6.33 Å². The number of nitrogens with zero attached hydrogens (tertiary/aromatic N) is 3. The molecule has 0 aliphatic heterocycles. The number of aromatic nitrogens is 3. The lowest BCUT2D eigenvalue weighted by atomic mass is 10.1. The molecule has 0 saturated carbocycles. The SMILES string of the molecule is CC1=Cc2c(ccc(Oc3ncnn4cc(OC[C@@H](C)OC(=O)[C@H](C)N)c(C)c34)c2F)C1. The van der Waals surface area contributed by atoms with E-state index in [1.54, 1.807) is 30.6 Å². The Morgan fingerprint density at radius 2 is 2.06 bits per heavy atom. The third-order valence-corrected chi connectivity index (χ3v) is 5.21. The summed E-state index contributed by atoms with van der Waals surface area (Å²) in [5, 5.41) is 4.19. The van der Waals surface area contributed by atoms with Gasteiger partial charge in [-0.2, -0.15) is 10.1 Å². The molecule has 3 aromatic rings. The first-order chi connectivity index (χ1) is 15.2. The summed E-state index contributed by atoms with van der Waals surface area (Å²) < 4.78 is 33.5. The second kappa shape index (κ2) is 8.58. The number of benzene rings is 1. The summed E-state index contributed by atoms with van der Waals surface area (Å²) in [7, 11) is 0. The number of carbonyl (C=O) groups excluding carboxylic acids is 1. The number of halogens is 1. The lowest BCUT2D eigenvalue weighted by Gasteiger charge is -2.15. The Hall–Kier alpha value is -3.46. The number of hydrogen-bond donors (Lipinski definition) is 1. The third kappa shape index (κ3) is 4.16. The Kier molecular flexibility index (Phi) is 5.84. The molecule has 168 valence electrons. The molecule has 0 saturated heterocycles. The quantitative estimate of drug-likeness (QED) is 0.560. The predicted molar refractivity (Wildman–Crippen MR) is 116 cm³/mol. The molecule has 2 N–H and O–H groups in total. The highest BCUT2D eigenvalue weighted by molar-refractivity contribution is 5.75. The van der Waals surface area contributed by atoms with E-state index in [0.717, 1.165) is 17.6 Å². The van der Waals surface area contributed by atoms with Crippen molar-refractivity contribution in [2.24, 2.45) is 5.73 Å². The Bertz CT molecular complexity index is 1220. The van der Waals surface area contributed by atoms with Gasteiger partial charge < -0.3 is 19.9 Å². The number of nitrogens with two attached hydrogens (primary N) is 1. The molecule has 2 atom stereocenters. The zero-order valence-corrected chi connectivity index (χ0v) is 18.4. The molecule has 4 rings (SSSR count). The van der Waals surface area contributed by atoms with E-state index in [2.05, 4.69) is 10.1 Å². The van der Waals surface area contributed by atoms with E-state index < -0.39 is 23.9 Å². The molecule has 9 heteroatoms. The van der Waals surface area contributed by atoms with Crippen molar-refractivity contribution in [3.05, 3.63) is 52.7 Å². The van der Waals surface area contributed by atoms with Crippen molar-refractivity contribution in [2.45, 2.75) is 46.3 Å². The van der Waals surface area contributed by atoms with Crippen molar-refractivity contribution in [3.8, 4) is 17.4 Å². The van der Waals surface area contributed by atoms with Crippen molar-refractivity contribution in [1.29, 1.82) is 0 Å². The number of aryl methyl sites for hydroxylation is 1. The summed E-state index contributed by atoms with van der Waals surface area (Å²) in [4.78, 5) is 15.8. The number of hydrogen-bond acceptors (Lipinski definition) is 7. The second-order valence-electron chi connectivity index (χ2n) is 8.04. The van der Waals surface area contributed by atoms with Gasteiger partial charge in [0.1, 0.15) is 36.3 Å². The molecule has 0 unspecified atom stereocenters. The predicted octanol–water partition coefficient (Wildman–Crippen LogP) is 3.59. The highest BCUT2D eigenvalue weighted by atomic mass is 19.1. The Labute approximate surface area is 184 Å². The van der Waals surface area contributed by atoms with Crippen LogP contribution in [0.2, 0.25) is 0 Å². The molecular weight excluding hydrogens is 415 g/mol. The molecule has 2 heterocycles. The van der Waals surface area contributed by atoms with Gasteiger partial charge in [0.15, 0.2) is 11.6 Å². The van der Waals surface area contributed by atoms with Gasteiger partial charge in [0.05, 0.1) is 6.20 Å². The van der Waals surface area contributed by atoms with Crippen molar-refractivity contribution in [2.75, 3.05) is 6.61 Å². The van der Waals surface area contributed by atoms with E-state index >= 15 is 4.39 Å². The molecule has 1 aliphatic carbocycles. The molecule has 0 spiro atoms. The molecule has 32 heavy (non-hydrogen) atoms. The van der Waals surface area contributed by atoms with E-state index in [9.17, 15) is 4.79 Å². The van der Waals surface area contributed by atoms with Gasteiger partial charge in [-0.3, -0.25) is 4.79 Å². The highest BCUT2D eigenvalue weighted by Crippen LogP contribution is 2.36. The van der Waals surface area contributed by atoms with E-state index in [-0.39, 0.29) is 18.2 Å². The van der Waals surface area contributed by atoms with Crippen LogP contribution in [0.5, 0.6) is 17.4 Å². The Morgan fingerprint density at radius 3 is 2.81 bits per heavy atom. The number of allylic oxidation sites excluding steroid dienone is 1. The smallest absolute Gasteiger partial charge is 0.323 e. The van der Waals surface area contributed by atoms with Crippen molar-refractivity contribution >= 4 is 17.6 Å². The minimum absolute atomic E-state index is 0.0924. The van der Waals surface area contributed by atoms with Gasteiger partial charge in [-0.1, -0.05) is 17.7 Å². The molecule has 0 radical (unpaired) electrons. The van der Waals surface area contributed by atoms with Crippen LogP contribution in [0.15, 0.2) is 30.2 Å². The van der Waals surface area contributed by atoms with Gasteiger partial charge in [0.2, 0.25) is 5.88 Å². The number of rotatable bonds is 7. The van der Waals surface area contributed by atoms with Crippen LogP contribution in [-0.4, -0.2) is 39.3 Å². The first-order valence-electron chi connectivity index (χ1n) is 10.3. The Morgan fingerprint density at radius 1 is 1.28 bits per heavy atom. The Balaban J connectivity index is 1.57. The zero-order chi connectivity index (χ0) is 23.0. The van der Waals surface area contributed by atoms with E-state index in [4.69, 9.17) is 19.9 Å². The van der Waals surface area contributed by atoms with Gasteiger partial charge in [0, 0.05) is 11.1 Å². The van der Waals surface area contributed by atoms with Crippen LogP contribution in [0.1, 0.15) is 37.5 Å². The molecule has 1 aliphatic rings. The van der Waals surface area contributed by atoms with Crippen LogP contribution < -0.4 is 15.2 Å². The zero-order valence-electron chi connectivity index (χ0n) is 18.4. The fourth-order valence-corrected chi connectivity index (χ4v) is 3.58. The van der Waals surface area contributed by atoms with Crippen LogP contribution in [-0.2, 0) is 16.0 Å². The maximum atomic E-state index is 15.0. The van der Waals surface area contributed by atoms with Crippen LogP contribution in [0, 0.1) is 12.7 Å². The summed E-state index contributed by atoms with van der Waals surface area (Å²) in [6.45, 7) is 7.20. The maximum absolute atomic E-state index is 15.0. The van der Waals surface area contributed by atoms with E-state index in [0.29, 0.717) is 22.4 Å². The summed E-state index contributed by atoms with van der Waals surface area (Å²) in [5.41, 5.74) is 9.37. The summed E-state index contributed by atoms with van der Waals surface area (Å²) in [6, 6.07) is 2.78. The van der Waals surface area contributed by atoms with E-state index in [1.807, 2.05) is 26.0 Å². The first-order valence-corrected chi connectivity index (χ1v) is 10.3. The van der Waals surface area contributed by atoms with Gasteiger partial charge >= 0.3 is 5.97 Å². The summed E-state index contributed by atoms with van der Waals surface area (Å²) >= 11 is 0. The molecule has 2 aromatic heterocycles. The third-order valence-electron chi connectivity index (χ3n) is 5.21. The van der Waals surface area contributed by atoms with Crippen molar-refractivity contribution in [1.82, 2.24) is 14.6 Å². The molecular formula is C23H25FN4O4. The first kappa shape index (κ1) is 21.8. The summed E-state index contributed by atoms with van der Waals surface area (Å²) in [5.74, 6) is -0.0902. The average Bonchev–Trinajstić information content (AvgIpc) is 3.29. The highest BCUT2D eigenvalue weighted by Gasteiger charge is 2.21. The molecule has 0 bridgehead atoms. The number of esters is 1. The lowest BCUT2D eigenvalue weighted by Crippen LogP contribution is -2.33. The van der Waals surface area contributed by atoms with Gasteiger partial charge in [-0.25, -0.2) is 8.91 Å². The van der Waals surface area contributed by atoms with Gasteiger partial charge in [-0.05, 0) is 45.7 Å². The molecule has 0 fully saturated rings. The van der Waals surface area contributed by atoms with Gasteiger partial charge in [-0.15, -0.1) is 0 Å². The minimum Gasteiger partial charge on any atom is -0.488 e. The van der Waals surface area contributed by atoms with Crippen LogP contribution in [0.25, 0.3) is 11.6 Å². The molecule has 0 amide bonds. The van der Waals surface area contributed by atoms with Crippen LogP contribution >= 0.6 is 0 Å². The maximum Gasteiger partial charge on any atom is 0.323 e. The average molecular weight is 440 g/mol. The topological polar surface area (TPSA) is 101 Å². The number of carbonyl (C=O) groups is 1. The minimum atomic E-state index is -0.703. The summed E-state index contributed by atoms with van der Waals surface area (Å²) in [6.07, 6.45) is 5.08. The monoisotopic (exact) mass is 440 g/mol. The fourth-order valence-electron chi connectivity index (χ4n) is 3.58. The second-order valence-corrected chi connectivity index (χ2v) is 8.04. The van der Waals surface area contributed by atoms with Crippen LogP contribution in [0.4, 0.5) is 4.39 Å². The number of ether oxygens (including phenoxy) is 3.